The van der Waals surface area contributed by atoms with Gasteiger partial charge in [0.05, 0.1) is 0 Å². The first kappa shape index (κ1) is 26.2. The molecule has 3 aromatic rings. The Bertz CT molecular complexity index is 987. The number of halogens is 3. The Balaban J connectivity index is 0.000000242. The van der Waals surface area contributed by atoms with Crippen molar-refractivity contribution >= 4 is 33.6 Å². The fourth-order valence-corrected chi connectivity index (χ4v) is 4.65. The average molecular weight is 502 g/mol. The summed E-state index contributed by atoms with van der Waals surface area (Å²) in [7, 11) is -5.59. The highest BCUT2D eigenvalue weighted by atomic mass is 32.2. The van der Waals surface area contributed by atoms with E-state index in [9.17, 15) is 21.6 Å². The van der Waals surface area contributed by atoms with Crippen LogP contribution in [0.2, 0.25) is 0 Å². The van der Waals surface area contributed by atoms with Crippen LogP contribution in [0.15, 0.2) is 99.6 Å². The quantitative estimate of drug-likeness (QED) is 0.0858. The molecule has 0 amide bonds. The number of alkyl halides is 3. The molecular formula is C23H24F3O3S3+. The van der Waals surface area contributed by atoms with Crippen molar-refractivity contribution < 1.29 is 25.8 Å². The summed E-state index contributed by atoms with van der Waals surface area (Å²) >= 11 is 2.83. The van der Waals surface area contributed by atoms with Crippen LogP contribution in [-0.4, -0.2) is 19.7 Å². The highest BCUT2D eigenvalue weighted by Gasteiger charge is 2.48. The van der Waals surface area contributed by atoms with Crippen molar-refractivity contribution in [3.05, 3.63) is 84.9 Å². The lowest BCUT2D eigenvalue weighted by molar-refractivity contribution is -0.0500. The third kappa shape index (κ3) is 9.18. The lowest BCUT2D eigenvalue weighted by atomic mass is 10.3. The summed E-state index contributed by atoms with van der Waals surface area (Å²) in [5, 5.41) is 0. The number of hydrogen-bond donors (Lipinski definition) is 0. The van der Waals surface area contributed by atoms with E-state index in [2.05, 4.69) is 59.6 Å². The molecule has 0 bridgehead atoms. The van der Waals surface area contributed by atoms with Gasteiger partial charge in [0, 0.05) is 16.7 Å². The van der Waals surface area contributed by atoms with Crippen molar-refractivity contribution in [3.8, 4) is 5.75 Å². The van der Waals surface area contributed by atoms with E-state index in [1.165, 1.54) is 45.8 Å². The Morgan fingerprint density at radius 1 is 0.844 bits per heavy atom. The molecule has 0 spiro atoms. The lowest BCUT2D eigenvalue weighted by Gasteiger charge is -2.09. The molecule has 0 aromatic heterocycles. The number of thiol groups is 1. The van der Waals surface area contributed by atoms with E-state index in [1.807, 2.05) is 12.1 Å². The summed E-state index contributed by atoms with van der Waals surface area (Å²) in [6, 6.07) is 26.4. The first-order chi connectivity index (χ1) is 15.2. The van der Waals surface area contributed by atoms with Crippen LogP contribution in [0, 0.1) is 0 Å². The van der Waals surface area contributed by atoms with Gasteiger partial charge in [0.2, 0.25) is 0 Å². The van der Waals surface area contributed by atoms with Crippen molar-refractivity contribution in [1.82, 2.24) is 0 Å². The minimum Gasteiger partial charge on any atom is -0.376 e. The largest absolute Gasteiger partial charge is 0.534 e. The van der Waals surface area contributed by atoms with Crippen LogP contribution >= 0.6 is 11.8 Å². The van der Waals surface area contributed by atoms with Crippen LogP contribution in [-0.2, 0) is 21.9 Å². The van der Waals surface area contributed by atoms with E-state index in [-0.39, 0.29) is 5.75 Å². The number of thioether (sulfide) groups is 1. The van der Waals surface area contributed by atoms with E-state index in [0.29, 0.717) is 0 Å². The predicted molar refractivity (Wildman–Crippen MR) is 126 cm³/mol. The molecule has 0 unspecified atom stereocenters. The van der Waals surface area contributed by atoms with E-state index >= 15 is 0 Å². The average Bonchev–Trinajstić information content (AvgIpc) is 2.76. The fourth-order valence-electron chi connectivity index (χ4n) is 2.25. The molecule has 0 saturated carbocycles. The van der Waals surface area contributed by atoms with Crippen LogP contribution in [0.1, 0.15) is 19.8 Å². The molecule has 0 fully saturated rings. The van der Waals surface area contributed by atoms with Gasteiger partial charge in [-0.25, -0.2) is 0 Å². The number of unbranched alkanes of at least 4 members (excludes halogenated alkanes) is 1. The van der Waals surface area contributed by atoms with Gasteiger partial charge in [0.15, 0.2) is 9.79 Å². The Morgan fingerprint density at radius 2 is 1.34 bits per heavy atom. The Labute approximate surface area is 195 Å². The third-order valence-corrected chi connectivity index (χ3v) is 7.04. The predicted octanol–water partition coefficient (Wildman–Crippen LogP) is 6.73. The summed E-state index contributed by atoms with van der Waals surface area (Å²) in [5.74, 6) is 0.551. The Hall–Kier alpha value is -2.10. The monoisotopic (exact) mass is 501 g/mol. The van der Waals surface area contributed by atoms with E-state index in [0.717, 1.165) is 23.5 Å². The van der Waals surface area contributed by atoms with Crippen LogP contribution < -0.4 is 4.18 Å². The molecule has 9 heteroatoms. The summed E-state index contributed by atoms with van der Waals surface area (Å²) < 4.78 is 61.8. The van der Waals surface area contributed by atoms with Gasteiger partial charge in [-0.15, -0.1) is 11.8 Å². The summed E-state index contributed by atoms with van der Waals surface area (Å²) in [6.45, 7) is 2.06. The van der Waals surface area contributed by atoms with Crippen LogP contribution in [0.5, 0.6) is 5.75 Å². The topological polar surface area (TPSA) is 43.4 Å². The molecule has 3 rings (SSSR count). The van der Waals surface area contributed by atoms with Gasteiger partial charge in [0.25, 0.3) is 0 Å². The summed E-state index contributed by atoms with van der Waals surface area (Å²) in [4.78, 5) is 3.53. The normalized spacial score (nSPS) is 11.4. The molecular weight excluding hydrogens is 477 g/mol. The van der Waals surface area contributed by atoms with Gasteiger partial charge in [-0.3, -0.25) is 0 Å². The zero-order chi connectivity index (χ0) is 23.5. The third-order valence-electron chi connectivity index (χ3n) is 3.85. The molecule has 3 nitrogen and oxygen atoms in total. The van der Waals surface area contributed by atoms with Crippen molar-refractivity contribution in [1.29, 1.82) is 0 Å². The Morgan fingerprint density at radius 3 is 1.78 bits per heavy atom. The second kappa shape index (κ2) is 12.8. The van der Waals surface area contributed by atoms with Gasteiger partial charge < -0.3 is 4.18 Å². The molecule has 0 heterocycles. The molecule has 0 atom stereocenters. The number of benzene rings is 3. The zero-order valence-electron chi connectivity index (χ0n) is 17.3. The first-order valence-electron chi connectivity index (χ1n) is 9.77. The van der Waals surface area contributed by atoms with Crippen LogP contribution in [0.3, 0.4) is 0 Å². The summed E-state index contributed by atoms with van der Waals surface area (Å²) in [5.41, 5.74) is -5.42. The standard InChI is InChI=1S/C12H10S.C11H13F3O3S2/c1-3-7-11(8-4-1)13-12-9-5-2-6-10-12;1-2-3-8-18-10-6-4-9(5-7-10)17-19(15,16)11(12,13)14/h1-10H;4-7H,2-3,8H2,1H3/p+1. The zero-order valence-corrected chi connectivity index (χ0v) is 19.9. The highest BCUT2D eigenvalue weighted by Crippen LogP contribution is 2.28. The van der Waals surface area contributed by atoms with E-state index < -0.39 is 15.6 Å². The molecule has 172 valence electrons. The highest BCUT2D eigenvalue weighted by molar-refractivity contribution is 7.99. The minimum absolute atomic E-state index is 0.350. The molecule has 0 saturated heterocycles. The first-order valence-corrected chi connectivity index (χ1v) is 13.1. The van der Waals surface area contributed by atoms with E-state index in [1.54, 1.807) is 11.8 Å². The Kier molecular flexibility index (Phi) is 10.5. The summed E-state index contributed by atoms with van der Waals surface area (Å²) in [6.07, 6.45) is 2.09. The lowest BCUT2D eigenvalue weighted by Crippen LogP contribution is -2.28. The smallest absolute Gasteiger partial charge is 0.376 e. The van der Waals surface area contributed by atoms with Gasteiger partial charge in [-0.1, -0.05) is 49.7 Å². The molecule has 32 heavy (non-hydrogen) atoms. The van der Waals surface area contributed by atoms with Gasteiger partial charge in [-0.2, -0.15) is 21.6 Å². The molecule has 0 aliphatic rings. The molecule has 0 aliphatic heterocycles. The van der Waals surface area contributed by atoms with Gasteiger partial charge in [0.1, 0.15) is 5.75 Å². The second-order valence-corrected chi connectivity index (χ2v) is 10.4. The van der Waals surface area contributed by atoms with E-state index in [4.69, 9.17) is 0 Å². The molecule has 0 N–H and O–H groups in total. The van der Waals surface area contributed by atoms with Gasteiger partial charge >= 0.3 is 15.6 Å². The molecule has 0 radical (unpaired) electrons. The van der Waals surface area contributed by atoms with Crippen molar-refractivity contribution in [3.63, 3.8) is 0 Å². The van der Waals surface area contributed by atoms with Crippen molar-refractivity contribution in [2.75, 3.05) is 5.75 Å². The maximum atomic E-state index is 12.1. The maximum Gasteiger partial charge on any atom is 0.534 e. The SMILES string of the molecule is CCCCSc1ccc(OS(=O)(=O)C(F)(F)F)cc1.c1ccc([SH+]c2ccccc2)cc1. The number of rotatable bonds is 8. The molecule has 0 aliphatic carbocycles. The van der Waals surface area contributed by atoms with Gasteiger partial charge in [-0.05, 0) is 60.7 Å². The van der Waals surface area contributed by atoms with Crippen molar-refractivity contribution in [2.45, 2.75) is 40.0 Å². The molecule has 3 aromatic carbocycles. The number of hydrogen-bond acceptors (Lipinski definition) is 4. The second-order valence-electron chi connectivity index (χ2n) is 6.44. The van der Waals surface area contributed by atoms with Crippen LogP contribution in [0.4, 0.5) is 13.2 Å². The fraction of sp³-hybridized carbons (Fsp3) is 0.217. The maximum absolute atomic E-state index is 12.1. The van der Waals surface area contributed by atoms with Crippen LogP contribution in [0.25, 0.3) is 0 Å². The minimum atomic E-state index is -5.59. The van der Waals surface area contributed by atoms with Crippen molar-refractivity contribution in [2.24, 2.45) is 0 Å².